The summed E-state index contributed by atoms with van der Waals surface area (Å²) in [7, 11) is 1.66. The topological polar surface area (TPSA) is 35.2 Å². The number of methoxy groups -OCH3 is 1. The normalized spacial score (nSPS) is 12.2. The highest BCUT2D eigenvalue weighted by Crippen LogP contribution is 2.29. The summed E-state index contributed by atoms with van der Waals surface area (Å²) in [5.41, 5.74) is 8.43. The number of benzene rings is 2. The summed E-state index contributed by atoms with van der Waals surface area (Å²) in [5.74, 6) is 0.827. The first kappa shape index (κ1) is 15.8. The molecule has 0 saturated heterocycles. The van der Waals surface area contributed by atoms with Crippen LogP contribution in [0.3, 0.4) is 0 Å². The molecule has 0 aliphatic heterocycles. The second-order valence-electron chi connectivity index (χ2n) is 4.44. The van der Waals surface area contributed by atoms with Crippen LogP contribution < -0.4 is 10.5 Å². The Morgan fingerprint density at radius 2 is 1.90 bits per heavy atom. The van der Waals surface area contributed by atoms with Crippen LogP contribution in [0.25, 0.3) is 0 Å². The molecule has 0 aliphatic carbocycles. The summed E-state index contributed by atoms with van der Waals surface area (Å²) in [5, 5.41) is 0.684. The van der Waals surface area contributed by atoms with Gasteiger partial charge in [-0.3, -0.25) is 0 Å². The molecule has 0 amide bonds. The molecular weight excluding hydrogens is 405 g/mol. The van der Waals surface area contributed by atoms with Crippen molar-refractivity contribution >= 4 is 43.5 Å². The van der Waals surface area contributed by atoms with Crippen LogP contribution in [-0.2, 0) is 6.42 Å². The van der Waals surface area contributed by atoms with Crippen LogP contribution in [0.1, 0.15) is 17.2 Å². The molecule has 1 atom stereocenters. The zero-order chi connectivity index (χ0) is 14.7. The van der Waals surface area contributed by atoms with Crippen molar-refractivity contribution in [3.8, 4) is 5.75 Å². The first-order valence-electron chi connectivity index (χ1n) is 6.04. The molecule has 0 radical (unpaired) electrons. The van der Waals surface area contributed by atoms with E-state index in [1.165, 1.54) is 0 Å². The number of halogens is 3. The molecule has 0 spiro atoms. The fourth-order valence-corrected chi connectivity index (χ4v) is 2.85. The Balaban J connectivity index is 2.22. The molecule has 0 bridgehead atoms. The van der Waals surface area contributed by atoms with E-state index in [2.05, 4.69) is 31.9 Å². The van der Waals surface area contributed by atoms with E-state index >= 15 is 0 Å². The van der Waals surface area contributed by atoms with E-state index in [-0.39, 0.29) is 6.04 Å². The molecule has 106 valence electrons. The summed E-state index contributed by atoms with van der Waals surface area (Å²) in [6.45, 7) is 0. The van der Waals surface area contributed by atoms with Crippen LogP contribution in [0.4, 0.5) is 0 Å². The lowest BCUT2D eigenvalue weighted by molar-refractivity contribution is 0.414. The lowest BCUT2D eigenvalue weighted by Crippen LogP contribution is -2.13. The van der Waals surface area contributed by atoms with Gasteiger partial charge in [-0.2, -0.15) is 0 Å². The van der Waals surface area contributed by atoms with Crippen LogP contribution >= 0.6 is 43.5 Å². The highest BCUT2D eigenvalue weighted by atomic mass is 79.9. The van der Waals surface area contributed by atoms with Crippen LogP contribution in [0, 0.1) is 0 Å². The van der Waals surface area contributed by atoms with Gasteiger partial charge in [0.15, 0.2) is 0 Å². The second-order valence-corrected chi connectivity index (χ2v) is 6.56. The van der Waals surface area contributed by atoms with Crippen molar-refractivity contribution in [2.75, 3.05) is 7.11 Å². The van der Waals surface area contributed by atoms with Crippen molar-refractivity contribution < 1.29 is 4.74 Å². The molecule has 0 aromatic heterocycles. The largest absolute Gasteiger partial charge is 0.497 e. The van der Waals surface area contributed by atoms with E-state index < -0.39 is 0 Å². The van der Waals surface area contributed by atoms with Crippen molar-refractivity contribution in [2.45, 2.75) is 12.5 Å². The predicted molar refractivity (Wildman–Crippen MR) is 90.5 cm³/mol. The molecule has 0 aliphatic rings. The van der Waals surface area contributed by atoms with E-state index in [4.69, 9.17) is 22.1 Å². The Bertz CT molecular complexity index is 619. The molecule has 1 unspecified atom stereocenters. The number of hydrogen-bond acceptors (Lipinski definition) is 2. The first-order valence-corrected chi connectivity index (χ1v) is 8.00. The highest BCUT2D eigenvalue weighted by molar-refractivity contribution is 9.10. The minimum absolute atomic E-state index is 0.105. The van der Waals surface area contributed by atoms with Crippen molar-refractivity contribution in [3.63, 3.8) is 0 Å². The van der Waals surface area contributed by atoms with E-state index in [0.29, 0.717) is 11.4 Å². The minimum atomic E-state index is -0.105. The van der Waals surface area contributed by atoms with Crippen molar-refractivity contribution in [3.05, 3.63) is 61.5 Å². The van der Waals surface area contributed by atoms with E-state index in [9.17, 15) is 0 Å². The molecule has 2 N–H and O–H groups in total. The molecule has 0 heterocycles. The van der Waals surface area contributed by atoms with Gasteiger partial charge in [0.25, 0.3) is 0 Å². The van der Waals surface area contributed by atoms with Gasteiger partial charge in [-0.25, -0.2) is 0 Å². The quantitative estimate of drug-likeness (QED) is 0.747. The van der Waals surface area contributed by atoms with Gasteiger partial charge in [0, 0.05) is 15.0 Å². The van der Waals surface area contributed by atoms with Crippen molar-refractivity contribution in [1.29, 1.82) is 0 Å². The molecule has 0 fully saturated rings. The van der Waals surface area contributed by atoms with Crippen LogP contribution in [0.2, 0.25) is 5.02 Å². The Labute approximate surface area is 140 Å². The predicted octanol–water partition coefficient (Wildman–Crippen LogP) is 5.12. The zero-order valence-corrected chi connectivity index (χ0v) is 14.8. The first-order chi connectivity index (χ1) is 9.51. The number of ether oxygens (including phenoxy) is 1. The Morgan fingerprint density at radius 3 is 2.55 bits per heavy atom. The minimum Gasteiger partial charge on any atom is -0.497 e. The lowest BCUT2D eigenvalue weighted by Gasteiger charge is -2.15. The molecular formula is C15H14Br2ClNO. The molecule has 2 rings (SSSR count). The average Bonchev–Trinajstić information content (AvgIpc) is 2.44. The van der Waals surface area contributed by atoms with Crippen LogP contribution in [-0.4, -0.2) is 7.11 Å². The zero-order valence-electron chi connectivity index (χ0n) is 10.9. The van der Waals surface area contributed by atoms with Gasteiger partial charge in [0.05, 0.1) is 12.1 Å². The van der Waals surface area contributed by atoms with E-state index in [0.717, 1.165) is 25.8 Å². The Hall–Kier alpha value is -0.550. The molecule has 20 heavy (non-hydrogen) atoms. The third-order valence-electron chi connectivity index (χ3n) is 3.06. The van der Waals surface area contributed by atoms with Gasteiger partial charge >= 0.3 is 0 Å². The second kappa shape index (κ2) is 6.94. The monoisotopic (exact) mass is 417 g/mol. The summed E-state index contributed by atoms with van der Waals surface area (Å²) in [6.07, 6.45) is 0.714. The maximum atomic E-state index is 6.28. The van der Waals surface area contributed by atoms with Gasteiger partial charge in [0.2, 0.25) is 0 Å². The SMILES string of the molecule is COc1ccc(Br)c(CC(N)c2ccc(Cl)c(Br)c2)c1. The number of nitrogens with two attached hydrogens (primary N) is 1. The van der Waals surface area contributed by atoms with Crippen LogP contribution in [0.15, 0.2) is 45.3 Å². The van der Waals surface area contributed by atoms with Gasteiger partial charge in [-0.05, 0) is 63.8 Å². The average molecular weight is 420 g/mol. The summed E-state index contributed by atoms with van der Waals surface area (Å²) < 4.78 is 7.13. The van der Waals surface area contributed by atoms with Gasteiger partial charge in [0.1, 0.15) is 5.75 Å². The van der Waals surface area contributed by atoms with Gasteiger partial charge in [-0.15, -0.1) is 0 Å². The molecule has 2 nitrogen and oxygen atoms in total. The smallest absolute Gasteiger partial charge is 0.119 e. The summed E-state index contributed by atoms with van der Waals surface area (Å²) in [6, 6.07) is 11.5. The molecule has 2 aromatic carbocycles. The maximum absolute atomic E-state index is 6.28. The Morgan fingerprint density at radius 1 is 1.15 bits per heavy atom. The molecule has 5 heteroatoms. The molecule has 0 saturated carbocycles. The third-order valence-corrected chi connectivity index (χ3v) is 5.05. The lowest BCUT2D eigenvalue weighted by atomic mass is 9.99. The third kappa shape index (κ3) is 3.76. The summed E-state index contributed by atoms with van der Waals surface area (Å²) >= 11 is 13.0. The number of rotatable bonds is 4. The van der Waals surface area contributed by atoms with Crippen molar-refractivity contribution in [2.24, 2.45) is 5.73 Å². The fraction of sp³-hybridized carbons (Fsp3) is 0.200. The van der Waals surface area contributed by atoms with Crippen molar-refractivity contribution in [1.82, 2.24) is 0 Å². The van der Waals surface area contributed by atoms with E-state index in [1.807, 2.05) is 36.4 Å². The maximum Gasteiger partial charge on any atom is 0.119 e. The van der Waals surface area contributed by atoms with E-state index in [1.54, 1.807) is 7.11 Å². The standard InChI is InChI=1S/C15H14Br2ClNO/c1-20-11-3-4-12(16)10(6-11)8-15(19)9-2-5-14(18)13(17)7-9/h2-7,15H,8,19H2,1H3. The Kier molecular flexibility index (Phi) is 5.49. The van der Waals surface area contributed by atoms with Gasteiger partial charge < -0.3 is 10.5 Å². The summed E-state index contributed by atoms with van der Waals surface area (Å²) in [4.78, 5) is 0. The van der Waals surface area contributed by atoms with Crippen LogP contribution in [0.5, 0.6) is 5.75 Å². The highest BCUT2D eigenvalue weighted by Gasteiger charge is 2.12. The fourth-order valence-electron chi connectivity index (χ4n) is 1.93. The number of hydrogen-bond donors (Lipinski definition) is 1. The molecule has 2 aromatic rings. The van der Waals surface area contributed by atoms with Gasteiger partial charge in [-0.1, -0.05) is 33.6 Å².